The second-order valence-corrected chi connectivity index (χ2v) is 5.58. The van der Waals surface area contributed by atoms with E-state index in [1.165, 1.54) is 6.07 Å². The van der Waals surface area contributed by atoms with Crippen LogP contribution in [-0.2, 0) is 4.74 Å². The number of ether oxygens (including phenoxy) is 1. The smallest absolute Gasteiger partial charge is 0.129 e. The lowest BCUT2D eigenvalue weighted by molar-refractivity contribution is -0.0970. The van der Waals surface area contributed by atoms with E-state index < -0.39 is 0 Å². The predicted octanol–water partition coefficient (Wildman–Crippen LogP) is 3.03. The normalized spacial score (nSPS) is 24.4. The third-order valence-corrected chi connectivity index (χ3v) is 3.14. The van der Waals surface area contributed by atoms with Gasteiger partial charge >= 0.3 is 0 Å². The molecule has 1 aliphatic rings. The van der Waals surface area contributed by atoms with Crippen molar-refractivity contribution in [3.05, 3.63) is 34.1 Å². The first-order chi connectivity index (χ1) is 7.48. The van der Waals surface area contributed by atoms with Crippen LogP contribution in [0.25, 0.3) is 0 Å². The standard InChI is InChI=1S/C12H15BrFNO/c1-12(2)7-15-6-11(16-12)9-5-8(13)3-4-10(9)14/h3-5,11,15H,6-7H2,1-2H3. The summed E-state index contributed by atoms with van der Waals surface area (Å²) < 4.78 is 20.4. The minimum Gasteiger partial charge on any atom is -0.365 e. The van der Waals surface area contributed by atoms with E-state index in [2.05, 4.69) is 21.2 Å². The Balaban J connectivity index is 2.26. The molecule has 16 heavy (non-hydrogen) atoms. The summed E-state index contributed by atoms with van der Waals surface area (Å²) in [7, 11) is 0. The van der Waals surface area contributed by atoms with Gasteiger partial charge in [-0.1, -0.05) is 15.9 Å². The van der Waals surface area contributed by atoms with Gasteiger partial charge < -0.3 is 10.1 Å². The zero-order chi connectivity index (χ0) is 11.8. The highest BCUT2D eigenvalue weighted by atomic mass is 79.9. The lowest BCUT2D eigenvalue weighted by atomic mass is 10.0. The van der Waals surface area contributed by atoms with Crippen LogP contribution in [0, 0.1) is 5.82 Å². The van der Waals surface area contributed by atoms with Crippen molar-refractivity contribution in [3.8, 4) is 0 Å². The van der Waals surface area contributed by atoms with Gasteiger partial charge in [0.05, 0.1) is 11.7 Å². The molecule has 1 unspecified atom stereocenters. The molecule has 1 atom stereocenters. The molecule has 0 bridgehead atoms. The molecule has 1 saturated heterocycles. The van der Waals surface area contributed by atoms with Gasteiger partial charge in [-0.3, -0.25) is 0 Å². The molecule has 1 aromatic carbocycles. The Morgan fingerprint density at radius 3 is 2.94 bits per heavy atom. The van der Waals surface area contributed by atoms with Crippen LogP contribution in [0.5, 0.6) is 0 Å². The van der Waals surface area contributed by atoms with E-state index in [1.807, 2.05) is 13.8 Å². The maximum atomic E-state index is 13.7. The van der Waals surface area contributed by atoms with Crippen LogP contribution in [-0.4, -0.2) is 18.7 Å². The van der Waals surface area contributed by atoms with E-state index in [4.69, 9.17) is 4.74 Å². The van der Waals surface area contributed by atoms with Gasteiger partial charge in [0.25, 0.3) is 0 Å². The summed E-state index contributed by atoms with van der Waals surface area (Å²) in [5.74, 6) is -0.215. The molecule has 0 amide bonds. The van der Waals surface area contributed by atoms with Crippen LogP contribution in [0.1, 0.15) is 25.5 Å². The Morgan fingerprint density at radius 2 is 2.25 bits per heavy atom. The van der Waals surface area contributed by atoms with E-state index >= 15 is 0 Å². The summed E-state index contributed by atoms with van der Waals surface area (Å²) in [6.45, 7) is 5.44. The molecule has 1 N–H and O–H groups in total. The van der Waals surface area contributed by atoms with Gasteiger partial charge in [0.2, 0.25) is 0 Å². The predicted molar refractivity (Wildman–Crippen MR) is 64.9 cm³/mol. The topological polar surface area (TPSA) is 21.3 Å². The lowest BCUT2D eigenvalue weighted by Crippen LogP contribution is -2.47. The molecule has 2 rings (SSSR count). The maximum Gasteiger partial charge on any atom is 0.129 e. The lowest BCUT2D eigenvalue weighted by Gasteiger charge is -2.37. The third kappa shape index (κ3) is 2.62. The van der Waals surface area contributed by atoms with E-state index in [1.54, 1.807) is 12.1 Å². The average molecular weight is 288 g/mol. The van der Waals surface area contributed by atoms with Gasteiger partial charge in [0.1, 0.15) is 5.82 Å². The Hall–Kier alpha value is -0.450. The number of rotatable bonds is 1. The second kappa shape index (κ2) is 4.43. The maximum absolute atomic E-state index is 13.7. The van der Waals surface area contributed by atoms with Crippen molar-refractivity contribution in [1.82, 2.24) is 5.32 Å². The van der Waals surface area contributed by atoms with Gasteiger partial charge in [-0.15, -0.1) is 0 Å². The van der Waals surface area contributed by atoms with Gasteiger partial charge in [-0.05, 0) is 32.0 Å². The minimum atomic E-state index is -0.252. The molecule has 1 aromatic rings. The molecule has 0 saturated carbocycles. The van der Waals surface area contributed by atoms with Crippen LogP contribution in [0.4, 0.5) is 4.39 Å². The van der Waals surface area contributed by atoms with Crippen molar-refractivity contribution in [1.29, 1.82) is 0 Å². The van der Waals surface area contributed by atoms with Crippen molar-refractivity contribution in [2.24, 2.45) is 0 Å². The zero-order valence-corrected chi connectivity index (χ0v) is 11.0. The molecule has 0 aromatic heterocycles. The number of hydrogen-bond donors (Lipinski definition) is 1. The first-order valence-corrected chi connectivity index (χ1v) is 6.11. The first kappa shape index (κ1) is 12.0. The summed E-state index contributed by atoms with van der Waals surface area (Å²) in [5.41, 5.74) is 0.354. The van der Waals surface area contributed by atoms with Crippen molar-refractivity contribution in [3.63, 3.8) is 0 Å². The minimum absolute atomic E-state index is 0.215. The molecule has 1 fully saturated rings. The van der Waals surface area contributed by atoms with Gasteiger partial charge in [-0.25, -0.2) is 4.39 Å². The Kier molecular flexibility index (Phi) is 3.33. The molecule has 1 heterocycles. The average Bonchev–Trinajstić information content (AvgIpc) is 2.20. The quantitative estimate of drug-likeness (QED) is 0.857. The van der Waals surface area contributed by atoms with E-state index in [0.717, 1.165) is 11.0 Å². The van der Waals surface area contributed by atoms with Crippen LogP contribution in [0.3, 0.4) is 0 Å². The summed E-state index contributed by atoms with van der Waals surface area (Å²) >= 11 is 3.35. The fourth-order valence-electron chi connectivity index (χ4n) is 1.91. The largest absolute Gasteiger partial charge is 0.365 e. The zero-order valence-electron chi connectivity index (χ0n) is 9.39. The highest BCUT2D eigenvalue weighted by Gasteiger charge is 2.30. The van der Waals surface area contributed by atoms with Crippen molar-refractivity contribution in [2.45, 2.75) is 25.6 Å². The van der Waals surface area contributed by atoms with Crippen molar-refractivity contribution in [2.75, 3.05) is 13.1 Å². The molecule has 1 aliphatic heterocycles. The van der Waals surface area contributed by atoms with E-state index in [-0.39, 0.29) is 17.5 Å². The molecule has 88 valence electrons. The molecule has 0 radical (unpaired) electrons. The van der Waals surface area contributed by atoms with E-state index in [0.29, 0.717) is 12.1 Å². The first-order valence-electron chi connectivity index (χ1n) is 5.31. The van der Waals surface area contributed by atoms with Crippen LogP contribution < -0.4 is 5.32 Å². The highest BCUT2D eigenvalue weighted by molar-refractivity contribution is 9.10. The highest BCUT2D eigenvalue weighted by Crippen LogP contribution is 2.30. The molecule has 2 nitrogen and oxygen atoms in total. The number of morpholine rings is 1. The summed E-state index contributed by atoms with van der Waals surface area (Å²) in [5, 5.41) is 3.26. The van der Waals surface area contributed by atoms with Crippen molar-refractivity contribution < 1.29 is 9.13 Å². The summed E-state index contributed by atoms with van der Waals surface area (Å²) in [6.07, 6.45) is -0.221. The number of hydrogen-bond acceptors (Lipinski definition) is 2. The molecular weight excluding hydrogens is 273 g/mol. The second-order valence-electron chi connectivity index (χ2n) is 4.66. The molecule has 0 spiro atoms. The SMILES string of the molecule is CC1(C)CNCC(c2cc(Br)ccc2F)O1. The van der Waals surface area contributed by atoms with Crippen LogP contribution >= 0.6 is 15.9 Å². The summed E-state index contributed by atoms with van der Waals surface area (Å²) in [6, 6.07) is 4.94. The Morgan fingerprint density at radius 1 is 1.50 bits per heavy atom. The molecule has 4 heteroatoms. The number of halogens is 2. The van der Waals surface area contributed by atoms with Gasteiger partial charge in [0.15, 0.2) is 0 Å². The van der Waals surface area contributed by atoms with Crippen molar-refractivity contribution >= 4 is 15.9 Å². The number of benzene rings is 1. The van der Waals surface area contributed by atoms with Crippen LogP contribution in [0.2, 0.25) is 0 Å². The molecule has 0 aliphatic carbocycles. The molecular formula is C12H15BrFNO. The fraction of sp³-hybridized carbons (Fsp3) is 0.500. The summed E-state index contributed by atoms with van der Waals surface area (Å²) in [4.78, 5) is 0. The monoisotopic (exact) mass is 287 g/mol. The van der Waals surface area contributed by atoms with Crippen LogP contribution in [0.15, 0.2) is 22.7 Å². The van der Waals surface area contributed by atoms with E-state index in [9.17, 15) is 4.39 Å². The Bertz CT molecular complexity index is 395. The van der Waals surface area contributed by atoms with Gasteiger partial charge in [-0.2, -0.15) is 0 Å². The number of nitrogens with one attached hydrogen (secondary N) is 1. The Labute approximate surface area is 103 Å². The fourth-order valence-corrected chi connectivity index (χ4v) is 2.29. The third-order valence-electron chi connectivity index (χ3n) is 2.65. The van der Waals surface area contributed by atoms with Gasteiger partial charge in [0, 0.05) is 23.1 Å².